The van der Waals surface area contributed by atoms with Crippen molar-refractivity contribution < 1.29 is 28.7 Å². The largest absolute Gasteiger partial charge is 0.464 e. The third-order valence-electron chi connectivity index (χ3n) is 12.4. The number of benzene rings is 2. The lowest BCUT2D eigenvalue weighted by Crippen LogP contribution is -2.61. The number of ether oxygens (including phenoxy) is 2. The summed E-state index contributed by atoms with van der Waals surface area (Å²) in [4.78, 5) is 63.8. The number of pyridine rings is 1. The highest BCUT2D eigenvalue weighted by molar-refractivity contribution is 5.98. The van der Waals surface area contributed by atoms with Crippen molar-refractivity contribution in [1.82, 2.24) is 34.9 Å². The van der Waals surface area contributed by atoms with Crippen LogP contribution in [0.25, 0.3) is 33.3 Å². The van der Waals surface area contributed by atoms with Crippen LogP contribution in [-0.4, -0.2) is 79.6 Å². The lowest BCUT2D eigenvalue weighted by atomic mass is 9.83. The van der Waals surface area contributed by atoms with Crippen molar-refractivity contribution in [1.29, 1.82) is 0 Å². The van der Waals surface area contributed by atoms with Crippen molar-refractivity contribution in [3.8, 4) is 28.4 Å². The van der Waals surface area contributed by atoms with Gasteiger partial charge in [-0.05, 0) is 90.6 Å². The van der Waals surface area contributed by atoms with E-state index in [4.69, 9.17) is 14.5 Å². The van der Waals surface area contributed by atoms with Gasteiger partial charge in [-0.3, -0.25) is 33.7 Å². The van der Waals surface area contributed by atoms with Crippen molar-refractivity contribution in [2.24, 2.45) is 24.3 Å². The molecule has 0 radical (unpaired) electrons. The predicted molar refractivity (Wildman–Crippen MR) is 248 cm³/mol. The Morgan fingerprint density at radius 1 is 1.06 bits per heavy atom. The zero-order valence-corrected chi connectivity index (χ0v) is 38.4. The lowest BCUT2D eigenvalue weighted by molar-refractivity contribution is -0.155. The van der Waals surface area contributed by atoms with Gasteiger partial charge in [0.25, 0.3) is 11.9 Å². The van der Waals surface area contributed by atoms with Gasteiger partial charge in [-0.1, -0.05) is 78.5 Å². The van der Waals surface area contributed by atoms with Gasteiger partial charge in [-0.15, -0.1) is 0 Å². The van der Waals surface area contributed by atoms with E-state index >= 15 is 0 Å². The van der Waals surface area contributed by atoms with E-state index < -0.39 is 35.3 Å². The number of hydrogen-bond donors (Lipinski definition) is 3. The number of nitrogens with one attached hydrogen (secondary N) is 3. The monoisotopic (exact) mass is 870 g/mol. The molecule has 3 atom stereocenters. The molecule has 0 spiro atoms. The molecule has 1 fully saturated rings. The molecule has 2 aromatic carbocycles. The number of amides is 3. The molecule has 5 aromatic rings. The fourth-order valence-corrected chi connectivity index (χ4v) is 8.84. The summed E-state index contributed by atoms with van der Waals surface area (Å²) in [6.07, 6.45) is 6.38. The fourth-order valence-electron chi connectivity index (χ4n) is 8.84. The van der Waals surface area contributed by atoms with Crippen LogP contribution in [0.15, 0.2) is 79.6 Å². The van der Waals surface area contributed by atoms with Crippen LogP contribution in [0.4, 0.5) is 5.82 Å². The summed E-state index contributed by atoms with van der Waals surface area (Å²) in [6.45, 7) is 19.3. The molecule has 2 aliphatic rings. The van der Waals surface area contributed by atoms with Gasteiger partial charge >= 0.3 is 5.97 Å². The Labute approximate surface area is 375 Å². The zero-order chi connectivity index (χ0) is 45.9. The summed E-state index contributed by atoms with van der Waals surface area (Å²) in [5, 5.41) is 8.35. The van der Waals surface area contributed by atoms with E-state index in [1.807, 2.05) is 38.2 Å². The molecule has 64 heavy (non-hydrogen) atoms. The maximum Gasteiger partial charge on any atom is 0.324 e. The van der Waals surface area contributed by atoms with Gasteiger partial charge in [-0.2, -0.15) is 0 Å². The van der Waals surface area contributed by atoms with Gasteiger partial charge < -0.3 is 24.7 Å². The Kier molecular flexibility index (Phi) is 13.7. The summed E-state index contributed by atoms with van der Waals surface area (Å²) in [5.74, 6) is -1.77. The average Bonchev–Trinajstić information content (AvgIpc) is 3.78. The van der Waals surface area contributed by atoms with Crippen molar-refractivity contribution in [2.45, 2.75) is 98.7 Å². The molecule has 7 rings (SSSR count). The molecule has 3 aromatic heterocycles. The number of hydrogen-bond acceptors (Lipinski definition) is 9. The molecule has 3 amide bonds. The second kappa shape index (κ2) is 19.2. The molecule has 3 N–H and O–H groups in total. The first-order valence-corrected chi connectivity index (χ1v) is 22.4. The molecular formula is C50H62N8O6. The minimum Gasteiger partial charge on any atom is -0.464 e. The third-order valence-corrected chi connectivity index (χ3v) is 12.4. The average molecular weight is 871 g/mol. The van der Waals surface area contributed by atoms with Gasteiger partial charge in [-0.25, -0.2) is 10.4 Å². The third kappa shape index (κ3) is 9.76. The minimum absolute atomic E-state index is 0.0304. The number of anilines is 1. The number of hydrazine groups is 1. The maximum absolute atomic E-state index is 14.6. The molecule has 2 aliphatic heterocycles. The second-order valence-corrected chi connectivity index (χ2v) is 18.5. The summed E-state index contributed by atoms with van der Waals surface area (Å²) in [5.41, 5.74) is 11.1. The first kappa shape index (κ1) is 45.7. The second-order valence-electron chi connectivity index (χ2n) is 18.5. The van der Waals surface area contributed by atoms with Crippen molar-refractivity contribution in [3.05, 3.63) is 96.5 Å². The summed E-state index contributed by atoms with van der Waals surface area (Å²) in [6, 6.07) is 17.4. The number of imidazole rings is 1. The number of carbonyl (C=O) groups is 4. The summed E-state index contributed by atoms with van der Waals surface area (Å²) >= 11 is 0. The smallest absolute Gasteiger partial charge is 0.324 e. The quantitative estimate of drug-likeness (QED) is 0.0910. The van der Waals surface area contributed by atoms with E-state index in [0.717, 1.165) is 57.2 Å². The number of nitrogens with zero attached hydrogens (tertiary/aromatic N) is 5. The predicted octanol–water partition coefficient (Wildman–Crippen LogP) is 7.37. The highest BCUT2D eigenvalue weighted by atomic mass is 16.5. The number of aryl methyl sites for hydroxylation is 1. The van der Waals surface area contributed by atoms with Crippen LogP contribution < -0.4 is 20.8 Å². The fraction of sp³-hybridized carbons (Fsp3) is 0.440. The Morgan fingerprint density at radius 3 is 2.58 bits per heavy atom. The SMILES string of the molecule is C=CC(=O)Nc1cnc(OC[C@H](C(=O)N[C@H]2Cc3cccc(c3)-c3ccc4c(c3)c(c(-c3cccnc3C(C)C)n4CC)CC(C)(C)COC(=O)[C@@H]3CCCN(N3)C2=O)C(C)C)n1C. The summed E-state index contributed by atoms with van der Waals surface area (Å²) in [7, 11) is 1.69. The standard InChI is InChI=1S/C50H62N8O6/c1-10-43(59)54-42-27-52-49(56(42)9)63-28-38(30(3)4)46(60)53-40-24-32-15-12-16-33(23-32)34-19-20-41-36(25-34)37(45(57(41)11-2)35-17-13-21-51-44(35)31(5)6)26-50(7,8)29-64-48(62)39-18-14-22-58(55-39)47(40)61/h10,12-13,15-17,19-21,23,25,27,30-31,38-40,55H,1,11,14,18,22,24,26,28-29H2,2-9H3,(H,53,60)(H,54,59)/t38-,39-,40-/m0/s1. The van der Waals surface area contributed by atoms with Gasteiger partial charge in [0.05, 0.1) is 30.1 Å². The molecule has 1 saturated heterocycles. The Balaban J connectivity index is 1.27. The van der Waals surface area contributed by atoms with Crippen molar-refractivity contribution >= 4 is 40.4 Å². The zero-order valence-electron chi connectivity index (χ0n) is 38.4. The number of esters is 1. The number of aromatic nitrogens is 4. The molecule has 338 valence electrons. The molecule has 14 heteroatoms. The molecule has 0 saturated carbocycles. The maximum atomic E-state index is 14.6. The molecule has 14 nitrogen and oxygen atoms in total. The van der Waals surface area contributed by atoms with Crippen LogP contribution in [0.1, 0.15) is 84.0 Å². The van der Waals surface area contributed by atoms with Crippen LogP contribution in [0, 0.1) is 17.3 Å². The number of fused-ring (bicyclic) bond motifs is 6. The normalized spacial score (nSPS) is 18.4. The Bertz CT molecular complexity index is 2550. The lowest BCUT2D eigenvalue weighted by Gasteiger charge is -2.36. The summed E-state index contributed by atoms with van der Waals surface area (Å²) < 4.78 is 16.1. The molecule has 6 bridgehead atoms. The molecule has 0 aliphatic carbocycles. The van der Waals surface area contributed by atoms with E-state index in [1.54, 1.807) is 11.6 Å². The minimum atomic E-state index is -0.983. The van der Waals surface area contributed by atoms with E-state index in [0.29, 0.717) is 31.6 Å². The van der Waals surface area contributed by atoms with Crippen LogP contribution in [0.3, 0.4) is 0 Å². The number of carbonyl (C=O) groups excluding carboxylic acids is 4. The molecule has 5 heterocycles. The number of rotatable bonds is 11. The Hall–Kier alpha value is -6.28. The Morgan fingerprint density at radius 2 is 1.84 bits per heavy atom. The van der Waals surface area contributed by atoms with Crippen molar-refractivity contribution in [3.63, 3.8) is 0 Å². The van der Waals surface area contributed by atoms with Gasteiger partial charge in [0.1, 0.15) is 24.5 Å². The highest BCUT2D eigenvalue weighted by Gasteiger charge is 2.36. The van der Waals surface area contributed by atoms with Crippen LogP contribution in [0.2, 0.25) is 0 Å². The van der Waals surface area contributed by atoms with Crippen molar-refractivity contribution in [2.75, 3.05) is 25.1 Å². The van der Waals surface area contributed by atoms with E-state index in [-0.39, 0.29) is 49.3 Å². The molecular weight excluding hydrogens is 809 g/mol. The van der Waals surface area contributed by atoms with Gasteiger partial charge in [0.2, 0.25) is 11.8 Å². The van der Waals surface area contributed by atoms with E-state index in [9.17, 15) is 19.2 Å². The van der Waals surface area contributed by atoms with E-state index in [2.05, 4.69) is 103 Å². The topological polar surface area (TPSA) is 162 Å². The van der Waals surface area contributed by atoms with Crippen LogP contribution in [0.5, 0.6) is 6.01 Å². The highest BCUT2D eigenvalue weighted by Crippen LogP contribution is 2.42. The number of cyclic esters (lactones) is 1. The van der Waals surface area contributed by atoms with Gasteiger partial charge in [0.15, 0.2) is 0 Å². The van der Waals surface area contributed by atoms with Crippen LogP contribution in [-0.2, 0) is 50.3 Å². The van der Waals surface area contributed by atoms with E-state index in [1.165, 1.54) is 16.8 Å². The first-order valence-electron chi connectivity index (χ1n) is 22.4. The molecule has 0 unspecified atom stereocenters. The first-order chi connectivity index (χ1) is 30.6. The van der Waals surface area contributed by atoms with Gasteiger partial charge in [0, 0.05) is 54.6 Å². The van der Waals surface area contributed by atoms with Crippen LogP contribution >= 0.6 is 0 Å².